The van der Waals surface area contributed by atoms with Crippen molar-refractivity contribution < 1.29 is 17.9 Å². The first kappa shape index (κ1) is 13.6. The van der Waals surface area contributed by atoms with E-state index in [4.69, 9.17) is 4.74 Å². The zero-order valence-corrected chi connectivity index (χ0v) is 11.2. The van der Waals surface area contributed by atoms with Gasteiger partial charge in [0, 0.05) is 32.2 Å². The third kappa shape index (κ3) is 2.50. The molecule has 0 bridgehead atoms. The summed E-state index contributed by atoms with van der Waals surface area (Å²) in [5.41, 5.74) is -0.120. The lowest BCUT2D eigenvalue weighted by molar-refractivity contribution is -0.188. The molecule has 0 aromatic carbocycles. The average molecular weight is 278 g/mol. The molecular weight excluding hydrogens is 257 g/mol. The molecule has 0 aromatic rings. The number of hydrogen-bond donors (Lipinski definition) is 1. The summed E-state index contributed by atoms with van der Waals surface area (Å²) in [6.45, 7) is 5.63. The number of likely N-dealkylation sites (tertiary alicyclic amines) is 1. The molecule has 1 N–H and O–H groups in total. The van der Waals surface area contributed by atoms with E-state index in [1.54, 1.807) is 6.92 Å². The Morgan fingerprint density at radius 2 is 2.16 bits per heavy atom. The minimum absolute atomic E-state index is 0.120. The maximum atomic E-state index is 12.9. The van der Waals surface area contributed by atoms with E-state index in [9.17, 15) is 13.2 Å². The Hall–Kier alpha value is -0.330. The fourth-order valence-corrected chi connectivity index (χ4v) is 3.67. The van der Waals surface area contributed by atoms with Gasteiger partial charge in [-0.1, -0.05) is 6.92 Å². The zero-order chi connectivity index (χ0) is 13.7. The lowest BCUT2D eigenvalue weighted by Crippen LogP contribution is -2.70. The lowest BCUT2D eigenvalue weighted by atomic mass is 9.91. The Labute approximate surface area is 111 Å². The van der Waals surface area contributed by atoms with Gasteiger partial charge in [-0.05, 0) is 18.8 Å². The van der Waals surface area contributed by atoms with Crippen LogP contribution in [0.25, 0.3) is 0 Å². The van der Waals surface area contributed by atoms with Crippen molar-refractivity contribution in [1.82, 2.24) is 10.2 Å². The minimum atomic E-state index is -4.04. The fraction of sp³-hybridized carbons (Fsp3) is 1.00. The molecule has 3 unspecified atom stereocenters. The molecule has 3 nitrogen and oxygen atoms in total. The first-order valence-electron chi connectivity index (χ1n) is 7.11. The molecule has 1 spiro atoms. The minimum Gasteiger partial charge on any atom is -0.370 e. The SMILES string of the molecule is CCC(C1CC1N1CC2(CNCCO2)C1)C(F)(F)F. The van der Waals surface area contributed by atoms with E-state index in [0.717, 1.165) is 26.2 Å². The Morgan fingerprint density at radius 1 is 1.42 bits per heavy atom. The second kappa shape index (κ2) is 4.60. The largest absolute Gasteiger partial charge is 0.392 e. The number of hydrogen-bond acceptors (Lipinski definition) is 3. The molecule has 2 aliphatic heterocycles. The van der Waals surface area contributed by atoms with Crippen LogP contribution in [0.5, 0.6) is 0 Å². The van der Waals surface area contributed by atoms with Crippen LogP contribution in [-0.2, 0) is 4.74 Å². The van der Waals surface area contributed by atoms with E-state index >= 15 is 0 Å². The highest BCUT2D eigenvalue weighted by Gasteiger charge is 2.59. The van der Waals surface area contributed by atoms with E-state index in [1.807, 2.05) is 0 Å². The third-order valence-electron chi connectivity index (χ3n) is 4.77. The summed E-state index contributed by atoms with van der Waals surface area (Å²) < 4.78 is 44.4. The molecule has 1 saturated carbocycles. The number of nitrogens with one attached hydrogen (secondary N) is 1. The molecule has 2 saturated heterocycles. The van der Waals surface area contributed by atoms with Gasteiger partial charge in [0.2, 0.25) is 0 Å². The monoisotopic (exact) mass is 278 g/mol. The molecule has 1 aliphatic carbocycles. The van der Waals surface area contributed by atoms with Crippen molar-refractivity contribution in [2.24, 2.45) is 11.8 Å². The van der Waals surface area contributed by atoms with Crippen molar-refractivity contribution >= 4 is 0 Å². The Balaban J connectivity index is 1.52. The fourth-order valence-electron chi connectivity index (χ4n) is 3.67. The van der Waals surface area contributed by atoms with E-state index in [2.05, 4.69) is 10.2 Å². The Bertz CT molecular complexity index is 333. The summed E-state index contributed by atoms with van der Waals surface area (Å²) in [5.74, 6) is -1.32. The van der Waals surface area contributed by atoms with Gasteiger partial charge in [-0.25, -0.2) is 0 Å². The summed E-state index contributed by atoms with van der Waals surface area (Å²) in [6, 6.07) is 0.128. The Kier molecular flexibility index (Phi) is 3.30. The van der Waals surface area contributed by atoms with Crippen molar-refractivity contribution in [2.45, 2.75) is 37.6 Å². The van der Waals surface area contributed by atoms with Gasteiger partial charge in [0.1, 0.15) is 5.60 Å². The molecule has 0 aromatic heterocycles. The van der Waals surface area contributed by atoms with Gasteiger partial charge in [-0.2, -0.15) is 13.2 Å². The number of alkyl halides is 3. The number of rotatable bonds is 3. The second-order valence-corrected chi connectivity index (χ2v) is 6.14. The normalized spacial score (nSPS) is 36.0. The van der Waals surface area contributed by atoms with Crippen LogP contribution in [0.4, 0.5) is 13.2 Å². The first-order valence-corrected chi connectivity index (χ1v) is 7.11. The topological polar surface area (TPSA) is 24.5 Å². The molecule has 3 aliphatic rings. The number of nitrogens with zero attached hydrogens (tertiary/aromatic N) is 1. The predicted molar refractivity (Wildman–Crippen MR) is 64.9 cm³/mol. The van der Waals surface area contributed by atoms with Crippen LogP contribution in [0.1, 0.15) is 19.8 Å². The summed E-state index contributed by atoms with van der Waals surface area (Å²) >= 11 is 0. The van der Waals surface area contributed by atoms with E-state index in [-0.39, 0.29) is 24.0 Å². The van der Waals surface area contributed by atoms with Gasteiger partial charge in [0.15, 0.2) is 0 Å². The average Bonchev–Trinajstić information content (AvgIpc) is 3.06. The smallest absolute Gasteiger partial charge is 0.370 e. The van der Waals surface area contributed by atoms with Crippen molar-refractivity contribution in [3.8, 4) is 0 Å². The zero-order valence-electron chi connectivity index (χ0n) is 11.2. The molecule has 110 valence electrons. The van der Waals surface area contributed by atoms with Crippen molar-refractivity contribution in [3.05, 3.63) is 0 Å². The van der Waals surface area contributed by atoms with Crippen LogP contribution < -0.4 is 5.32 Å². The molecule has 6 heteroatoms. The summed E-state index contributed by atoms with van der Waals surface area (Å²) in [5, 5.41) is 3.30. The molecule has 2 heterocycles. The van der Waals surface area contributed by atoms with Gasteiger partial charge in [0.05, 0.1) is 12.5 Å². The van der Waals surface area contributed by atoms with E-state index in [1.165, 1.54) is 0 Å². The molecule has 19 heavy (non-hydrogen) atoms. The summed E-state index contributed by atoms with van der Waals surface area (Å²) in [6.07, 6.45) is -3.15. The number of halogens is 3. The molecule has 3 fully saturated rings. The van der Waals surface area contributed by atoms with Gasteiger partial charge >= 0.3 is 6.18 Å². The molecular formula is C13H21F3N2O. The van der Waals surface area contributed by atoms with Gasteiger partial charge in [0.25, 0.3) is 0 Å². The highest BCUT2D eigenvalue weighted by Crippen LogP contribution is 2.51. The lowest BCUT2D eigenvalue weighted by Gasteiger charge is -2.52. The van der Waals surface area contributed by atoms with Crippen LogP contribution in [-0.4, -0.2) is 55.5 Å². The van der Waals surface area contributed by atoms with Gasteiger partial charge < -0.3 is 10.1 Å². The van der Waals surface area contributed by atoms with Crippen LogP contribution >= 0.6 is 0 Å². The quantitative estimate of drug-likeness (QED) is 0.849. The van der Waals surface area contributed by atoms with Crippen LogP contribution in [0.2, 0.25) is 0 Å². The summed E-state index contributed by atoms with van der Waals surface area (Å²) in [4.78, 5) is 2.17. The highest BCUT2D eigenvalue weighted by molar-refractivity contribution is 5.10. The first-order chi connectivity index (χ1) is 8.95. The third-order valence-corrected chi connectivity index (χ3v) is 4.77. The van der Waals surface area contributed by atoms with Crippen molar-refractivity contribution in [3.63, 3.8) is 0 Å². The molecule has 3 atom stereocenters. The predicted octanol–water partition coefficient (Wildman–Crippen LogP) is 1.64. The van der Waals surface area contributed by atoms with Gasteiger partial charge in [-0.3, -0.25) is 4.90 Å². The molecule has 0 radical (unpaired) electrons. The maximum Gasteiger partial charge on any atom is 0.392 e. The summed E-state index contributed by atoms with van der Waals surface area (Å²) in [7, 11) is 0. The second-order valence-electron chi connectivity index (χ2n) is 6.14. The number of morpholine rings is 1. The molecule has 3 rings (SSSR count). The van der Waals surface area contributed by atoms with E-state index in [0.29, 0.717) is 13.0 Å². The Morgan fingerprint density at radius 3 is 2.68 bits per heavy atom. The van der Waals surface area contributed by atoms with Gasteiger partial charge in [-0.15, -0.1) is 0 Å². The van der Waals surface area contributed by atoms with E-state index < -0.39 is 12.1 Å². The number of ether oxygens (including phenoxy) is 1. The van der Waals surface area contributed by atoms with Crippen LogP contribution in [0.3, 0.4) is 0 Å². The van der Waals surface area contributed by atoms with Crippen molar-refractivity contribution in [1.29, 1.82) is 0 Å². The highest BCUT2D eigenvalue weighted by atomic mass is 19.4. The van der Waals surface area contributed by atoms with Crippen molar-refractivity contribution in [2.75, 3.05) is 32.8 Å². The van der Waals surface area contributed by atoms with Crippen LogP contribution in [0.15, 0.2) is 0 Å². The maximum absolute atomic E-state index is 12.9. The standard InChI is InChI=1S/C13H21F3N2O/c1-2-10(13(14,15)16)9-5-11(9)18-7-12(8-18)6-17-3-4-19-12/h9-11,17H,2-8H2,1H3. The molecule has 0 amide bonds. The van der Waals surface area contributed by atoms with Crippen LogP contribution in [0, 0.1) is 11.8 Å².